The fourth-order valence-corrected chi connectivity index (χ4v) is 3.83. The maximum Gasteiger partial charge on any atom is 0.257 e. The number of piperazine rings is 1. The minimum absolute atomic E-state index is 0.00883. The van der Waals surface area contributed by atoms with Gasteiger partial charge in [-0.05, 0) is 36.9 Å². The van der Waals surface area contributed by atoms with Crippen LogP contribution in [0.5, 0.6) is 11.6 Å². The summed E-state index contributed by atoms with van der Waals surface area (Å²) < 4.78 is 38.7. The Morgan fingerprint density at radius 1 is 1.03 bits per heavy atom. The van der Waals surface area contributed by atoms with Crippen molar-refractivity contribution >= 4 is 11.8 Å². The van der Waals surface area contributed by atoms with Crippen LogP contribution in [0.3, 0.4) is 0 Å². The van der Waals surface area contributed by atoms with Crippen molar-refractivity contribution in [2.75, 3.05) is 39.8 Å². The van der Waals surface area contributed by atoms with E-state index in [0.717, 1.165) is 30.8 Å². The minimum atomic E-state index is -0.963. The van der Waals surface area contributed by atoms with Gasteiger partial charge in [0.15, 0.2) is 11.6 Å². The molecule has 2 amide bonds. The fourth-order valence-electron chi connectivity index (χ4n) is 3.83. The Balaban J connectivity index is 1.49. The van der Waals surface area contributed by atoms with Crippen LogP contribution in [0.25, 0.3) is 0 Å². The molecule has 1 atom stereocenters. The molecule has 0 aliphatic carbocycles. The smallest absolute Gasteiger partial charge is 0.257 e. The summed E-state index contributed by atoms with van der Waals surface area (Å²) in [5.41, 5.74) is 0.925. The van der Waals surface area contributed by atoms with E-state index in [0.29, 0.717) is 19.2 Å². The highest BCUT2D eigenvalue weighted by molar-refractivity contribution is 5.99. The molecular formula is C27H28F2N4O4. The number of carbonyl (C=O) groups excluding carboxylic acids is 2. The van der Waals surface area contributed by atoms with Gasteiger partial charge in [-0.25, -0.2) is 13.8 Å². The largest absolute Gasteiger partial charge is 0.435 e. The van der Waals surface area contributed by atoms with Crippen LogP contribution < -0.4 is 10.1 Å². The van der Waals surface area contributed by atoms with Gasteiger partial charge in [0, 0.05) is 38.4 Å². The van der Waals surface area contributed by atoms with Crippen LogP contribution in [0.4, 0.5) is 8.78 Å². The van der Waals surface area contributed by atoms with Crippen molar-refractivity contribution in [3.05, 3.63) is 89.6 Å². The van der Waals surface area contributed by atoms with Crippen LogP contribution >= 0.6 is 0 Å². The molecule has 8 nitrogen and oxygen atoms in total. The number of nitrogens with zero attached hydrogens (tertiary/aromatic N) is 3. The molecule has 1 saturated heterocycles. The normalized spacial score (nSPS) is 14.7. The number of amides is 2. The molecule has 1 aliphatic rings. The molecule has 0 saturated carbocycles. The van der Waals surface area contributed by atoms with Crippen molar-refractivity contribution in [1.82, 2.24) is 20.1 Å². The van der Waals surface area contributed by atoms with E-state index >= 15 is 0 Å². The lowest BCUT2D eigenvalue weighted by Gasteiger charge is -2.34. The molecule has 194 valence electrons. The quantitative estimate of drug-likeness (QED) is 0.476. The number of likely N-dealkylation sites (N-methyl/N-ethyl adjacent to an activating group) is 1. The van der Waals surface area contributed by atoms with Gasteiger partial charge >= 0.3 is 0 Å². The molecule has 4 rings (SSSR count). The lowest BCUT2D eigenvalue weighted by Crippen LogP contribution is -2.55. The number of ether oxygens (including phenoxy) is 2. The summed E-state index contributed by atoms with van der Waals surface area (Å²) in [6.45, 7) is 2.74. The molecule has 1 aromatic heterocycles. The van der Waals surface area contributed by atoms with Crippen molar-refractivity contribution in [3.63, 3.8) is 0 Å². The van der Waals surface area contributed by atoms with Crippen molar-refractivity contribution in [1.29, 1.82) is 0 Å². The third-order valence-electron chi connectivity index (χ3n) is 5.93. The van der Waals surface area contributed by atoms with Crippen molar-refractivity contribution in [2.24, 2.45) is 0 Å². The van der Waals surface area contributed by atoms with Gasteiger partial charge in [-0.3, -0.25) is 9.59 Å². The summed E-state index contributed by atoms with van der Waals surface area (Å²) >= 11 is 0. The van der Waals surface area contributed by atoms with E-state index in [1.807, 2.05) is 37.4 Å². The zero-order valence-corrected chi connectivity index (χ0v) is 20.4. The number of hydrogen-bond acceptors (Lipinski definition) is 6. The first-order valence-corrected chi connectivity index (χ1v) is 11.9. The van der Waals surface area contributed by atoms with E-state index in [1.165, 1.54) is 18.3 Å². The van der Waals surface area contributed by atoms with Gasteiger partial charge in [-0.15, -0.1) is 0 Å². The average Bonchev–Trinajstić information content (AvgIpc) is 2.90. The lowest BCUT2D eigenvalue weighted by atomic mass is 10.2. The van der Waals surface area contributed by atoms with E-state index in [1.54, 1.807) is 4.90 Å². The third-order valence-corrected chi connectivity index (χ3v) is 5.93. The van der Waals surface area contributed by atoms with Crippen LogP contribution in [0.2, 0.25) is 0 Å². The monoisotopic (exact) mass is 510 g/mol. The van der Waals surface area contributed by atoms with Crippen LogP contribution in [0, 0.1) is 11.6 Å². The van der Waals surface area contributed by atoms with E-state index in [4.69, 9.17) is 9.47 Å². The van der Waals surface area contributed by atoms with Gasteiger partial charge in [0.05, 0.1) is 13.2 Å². The van der Waals surface area contributed by atoms with Crippen LogP contribution in [-0.4, -0.2) is 72.5 Å². The highest BCUT2D eigenvalue weighted by atomic mass is 19.1. The summed E-state index contributed by atoms with van der Waals surface area (Å²) in [5, 5.41) is 2.74. The molecule has 2 aromatic carbocycles. The Morgan fingerprint density at radius 2 is 1.78 bits per heavy atom. The Labute approximate surface area is 213 Å². The number of rotatable bonds is 9. The Hall–Kier alpha value is -3.89. The summed E-state index contributed by atoms with van der Waals surface area (Å²) in [6, 6.07) is 14.3. The molecule has 0 radical (unpaired) electrons. The first-order chi connectivity index (χ1) is 17.9. The maximum atomic E-state index is 14.1. The number of aromatic nitrogens is 1. The molecule has 10 heteroatoms. The zero-order valence-electron chi connectivity index (χ0n) is 20.4. The first-order valence-electron chi connectivity index (χ1n) is 11.9. The number of benzene rings is 2. The molecule has 1 aliphatic heterocycles. The third kappa shape index (κ3) is 7.08. The molecule has 1 N–H and O–H groups in total. The van der Waals surface area contributed by atoms with Gasteiger partial charge in [-0.2, -0.15) is 0 Å². The fraction of sp³-hybridized carbons (Fsp3) is 0.296. The second-order valence-electron chi connectivity index (χ2n) is 8.69. The molecule has 3 aromatic rings. The predicted molar refractivity (Wildman–Crippen MR) is 132 cm³/mol. The topological polar surface area (TPSA) is 84.0 Å². The highest BCUT2D eigenvalue weighted by Gasteiger charge is 2.29. The van der Waals surface area contributed by atoms with E-state index < -0.39 is 23.6 Å². The highest BCUT2D eigenvalue weighted by Crippen LogP contribution is 2.26. The molecule has 0 bridgehead atoms. The Bertz CT molecular complexity index is 1220. The number of pyridine rings is 1. The van der Waals surface area contributed by atoms with Gasteiger partial charge in [-0.1, -0.05) is 30.3 Å². The van der Waals surface area contributed by atoms with Gasteiger partial charge in [0.2, 0.25) is 11.8 Å². The van der Waals surface area contributed by atoms with Crippen molar-refractivity contribution < 1.29 is 27.8 Å². The second-order valence-corrected chi connectivity index (χ2v) is 8.69. The van der Waals surface area contributed by atoms with Crippen molar-refractivity contribution in [2.45, 2.75) is 12.6 Å². The molecule has 0 spiro atoms. The minimum Gasteiger partial charge on any atom is -0.435 e. The SMILES string of the molecule is CN1CCN(C(=O)[C@@H](COCc2ccccc2)NC(=O)c2cccnc2Oc2ccc(F)cc2F)CC1. The molecular weight excluding hydrogens is 482 g/mol. The Kier molecular flexibility index (Phi) is 8.76. The number of carbonyl (C=O) groups is 2. The summed E-state index contributed by atoms with van der Waals surface area (Å²) in [5.74, 6) is -3.06. The van der Waals surface area contributed by atoms with Crippen LogP contribution in [0.15, 0.2) is 66.9 Å². The molecule has 1 fully saturated rings. The number of nitrogens with one attached hydrogen (secondary N) is 1. The van der Waals surface area contributed by atoms with Gasteiger partial charge < -0.3 is 24.6 Å². The summed E-state index contributed by atoms with van der Waals surface area (Å²) in [6.07, 6.45) is 1.38. The van der Waals surface area contributed by atoms with Crippen LogP contribution in [0.1, 0.15) is 15.9 Å². The average molecular weight is 511 g/mol. The standard InChI is InChI=1S/C27H28F2N4O4/c1-32-12-14-33(15-13-32)27(35)23(18-36-17-19-6-3-2-4-7-19)31-25(34)21-8-5-11-30-26(21)37-24-10-9-20(28)16-22(24)29/h2-11,16,23H,12-15,17-18H2,1H3,(H,31,34)/t23-/m1/s1. The van der Waals surface area contributed by atoms with Gasteiger partial charge in [0.1, 0.15) is 17.4 Å². The van der Waals surface area contributed by atoms with Gasteiger partial charge in [0.25, 0.3) is 5.91 Å². The van der Waals surface area contributed by atoms with Crippen LogP contribution in [-0.2, 0) is 16.1 Å². The maximum absolute atomic E-state index is 14.1. The van der Waals surface area contributed by atoms with E-state index in [2.05, 4.69) is 15.2 Å². The molecule has 0 unspecified atom stereocenters. The summed E-state index contributed by atoms with van der Waals surface area (Å²) in [7, 11) is 1.98. The first kappa shape index (κ1) is 26.2. The lowest BCUT2D eigenvalue weighted by molar-refractivity contribution is -0.136. The molecule has 2 heterocycles. The van der Waals surface area contributed by atoms with E-state index in [-0.39, 0.29) is 36.3 Å². The summed E-state index contributed by atoms with van der Waals surface area (Å²) in [4.78, 5) is 34.5. The van der Waals surface area contributed by atoms with Crippen molar-refractivity contribution in [3.8, 4) is 11.6 Å². The number of halogens is 2. The second kappa shape index (κ2) is 12.4. The number of hydrogen-bond donors (Lipinski definition) is 1. The predicted octanol–water partition coefficient (Wildman–Crippen LogP) is 3.24. The zero-order chi connectivity index (χ0) is 26.2. The molecule has 37 heavy (non-hydrogen) atoms. The van der Waals surface area contributed by atoms with E-state index in [9.17, 15) is 18.4 Å². The Morgan fingerprint density at radius 3 is 2.51 bits per heavy atom.